The lowest BCUT2D eigenvalue weighted by Gasteiger charge is -2.11. The molecule has 0 bridgehead atoms. The normalized spacial score (nSPS) is 11.2. The van der Waals surface area contributed by atoms with E-state index in [1.165, 1.54) is 12.1 Å². The maximum Gasteiger partial charge on any atom is 0.387 e. The molecule has 2 aromatic heterocycles. The van der Waals surface area contributed by atoms with Gasteiger partial charge in [-0.05, 0) is 24.3 Å². The number of aryl methyl sites for hydroxylation is 1. The van der Waals surface area contributed by atoms with Gasteiger partial charge >= 0.3 is 6.61 Å². The Kier molecular flexibility index (Phi) is 5.15. The summed E-state index contributed by atoms with van der Waals surface area (Å²) in [6.07, 6.45) is 5.16. The molecular weight excluding hydrogens is 406 g/mol. The summed E-state index contributed by atoms with van der Waals surface area (Å²) in [5.41, 5.74) is 1.47. The van der Waals surface area contributed by atoms with E-state index >= 15 is 0 Å². The zero-order valence-electron chi connectivity index (χ0n) is 12.2. The lowest BCUT2D eigenvalue weighted by molar-refractivity contribution is -0.0494. The molecule has 0 aliphatic carbocycles. The van der Waals surface area contributed by atoms with Gasteiger partial charge in [0.15, 0.2) is 0 Å². The van der Waals surface area contributed by atoms with Crippen molar-refractivity contribution in [1.82, 2.24) is 19.6 Å². The third-order valence-electron chi connectivity index (χ3n) is 3.22. The highest BCUT2D eigenvalue weighted by atomic mass is 79.9. The van der Waals surface area contributed by atoms with Gasteiger partial charge in [-0.2, -0.15) is 19.0 Å². The van der Waals surface area contributed by atoms with Gasteiger partial charge in [0.25, 0.3) is 0 Å². The molecule has 2 heterocycles. The highest BCUT2D eigenvalue weighted by Crippen LogP contribution is 2.35. The van der Waals surface area contributed by atoms with E-state index in [0.29, 0.717) is 33.8 Å². The minimum atomic E-state index is -2.94. The molecule has 9 heteroatoms. The Morgan fingerprint density at radius 1 is 1.33 bits per heavy atom. The summed E-state index contributed by atoms with van der Waals surface area (Å²) in [5, 5.41) is 9.76. The molecule has 0 aliphatic rings. The number of ether oxygens (including phenoxy) is 1. The molecule has 3 aromatic rings. The minimum Gasteiger partial charge on any atom is -0.434 e. The van der Waals surface area contributed by atoms with E-state index in [9.17, 15) is 8.78 Å². The molecule has 0 fully saturated rings. The van der Waals surface area contributed by atoms with Crippen molar-refractivity contribution < 1.29 is 13.5 Å². The molecule has 24 heavy (non-hydrogen) atoms. The van der Waals surface area contributed by atoms with Gasteiger partial charge in [-0.25, -0.2) is 4.68 Å². The van der Waals surface area contributed by atoms with Crippen LogP contribution in [0.3, 0.4) is 0 Å². The quantitative estimate of drug-likeness (QED) is 0.559. The summed E-state index contributed by atoms with van der Waals surface area (Å²) < 4.78 is 33.4. The molecular formula is C15H12BrClF2N4O. The zero-order chi connectivity index (χ0) is 17.1. The molecule has 0 saturated carbocycles. The number of alkyl halides is 3. The minimum absolute atomic E-state index is 0.00639. The first-order chi connectivity index (χ1) is 11.6. The highest BCUT2D eigenvalue weighted by molar-refractivity contribution is 9.09. The molecule has 0 saturated heterocycles. The van der Waals surface area contributed by atoms with Gasteiger partial charge in [0.05, 0.1) is 12.7 Å². The second-order valence-corrected chi connectivity index (χ2v) is 6.01. The van der Waals surface area contributed by atoms with Crippen LogP contribution in [0.4, 0.5) is 8.78 Å². The van der Waals surface area contributed by atoms with Gasteiger partial charge in [-0.15, -0.1) is 0 Å². The van der Waals surface area contributed by atoms with Gasteiger partial charge in [0.2, 0.25) is 0 Å². The van der Waals surface area contributed by atoms with Crippen LogP contribution in [-0.4, -0.2) is 31.5 Å². The van der Waals surface area contributed by atoms with E-state index in [0.717, 1.165) is 0 Å². The van der Waals surface area contributed by atoms with Crippen LogP contribution in [0.2, 0.25) is 5.02 Å². The summed E-state index contributed by atoms with van der Waals surface area (Å²) in [4.78, 5) is 0. The second kappa shape index (κ2) is 7.31. The Morgan fingerprint density at radius 3 is 2.83 bits per heavy atom. The number of nitrogens with zero attached hydrogens (tertiary/aromatic N) is 4. The van der Waals surface area contributed by atoms with Crippen molar-refractivity contribution in [1.29, 1.82) is 0 Å². The Bertz CT molecular complexity index is 823. The summed E-state index contributed by atoms with van der Waals surface area (Å²) in [7, 11) is 0. The van der Waals surface area contributed by atoms with Crippen molar-refractivity contribution in [3.05, 3.63) is 47.9 Å². The van der Waals surface area contributed by atoms with Gasteiger partial charge < -0.3 is 4.74 Å². The summed E-state index contributed by atoms with van der Waals surface area (Å²) in [6.45, 7) is -2.33. The predicted octanol–water partition coefficient (Wildman–Crippen LogP) is 4.39. The summed E-state index contributed by atoms with van der Waals surface area (Å²) in [6, 6.07) is 6.21. The third kappa shape index (κ3) is 3.59. The van der Waals surface area contributed by atoms with Crippen molar-refractivity contribution in [3.63, 3.8) is 0 Å². The maximum atomic E-state index is 12.7. The third-order valence-corrected chi connectivity index (χ3v) is 3.81. The molecule has 5 nitrogen and oxygen atoms in total. The first kappa shape index (κ1) is 16.9. The smallest absolute Gasteiger partial charge is 0.387 e. The van der Waals surface area contributed by atoms with Crippen molar-refractivity contribution in [2.75, 3.05) is 5.33 Å². The van der Waals surface area contributed by atoms with Gasteiger partial charge in [0.1, 0.15) is 17.1 Å². The second-order valence-electron chi connectivity index (χ2n) is 4.78. The van der Waals surface area contributed by atoms with Crippen molar-refractivity contribution >= 4 is 27.5 Å². The lowest BCUT2D eigenvalue weighted by atomic mass is 10.1. The lowest BCUT2D eigenvalue weighted by Crippen LogP contribution is -2.04. The molecule has 1 aromatic carbocycles. The van der Waals surface area contributed by atoms with Crippen LogP contribution >= 0.6 is 27.5 Å². The van der Waals surface area contributed by atoms with Crippen LogP contribution < -0.4 is 4.74 Å². The van der Waals surface area contributed by atoms with E-state index in [4.69, 9.17) is 11.6 Å². The fourth-order valence-electron chi connectivity index (χ4n) is 2.27. The van der Waals surface area contributed by atoms with E-state index in [-0.39, 0.29) is 5.75 Å². The Labute approximate surface area is 149 Å². The van der Waals surface area contributed by atoms with Crippen molar-refractivity contribution in [2.24, 2.45) is 0 Å². The van der Waals surface area contributed by atoms with Crippen LogP contribution in [0.15, 0.2) is 42.9 Å². The fraction of sp³-hybridized carbons (Fsp3) is 0.200. The average molecular weight is 418 g/mol. The topological polar surface area (TPSA) is 44.9 Å². The largest absolute Gasteiger partial charge is 0.434 e. The van der Waals surface area contributed by atoms with Crippen molar-refractivity contribution in [3.8, 4) is 22.7 Å². The van der Waals surface area contributed by atoms with Crippen LogP contribution in [-0.2, 0) is 6.54 Å². The van der Waals surface area contributed by atoms with Gasteiger partial charge in [0, 0.05) is 28.3 Å². The van der Waals surface area contributed by atoms with E-state index in [1.807, 2.05) is 0 Å². The molecule has 3 rings (SSSR count). The zero-order valence-corrected chi connectivity index (χ0v) is 14.6. The number of aromatic nitrogens is 4. The number of hydrogen-bond donors (Lipinski definition) is 0. The molecule has 0 aliphatic heterocycles. The number of hydrogen-bond acceptors (Lipinski definition) is 3. The number of halogens is 4. The molecule has 0 spiro atoms. The molecule has 0 unspecified atom stereocenters. The monoisotopic (exact) mass is 416 g/mol. The van der Waals surface area contributed by atoms with Crippen LogP contribution in [0, 0.1) is 0 Å². The fourth-order valence-corrected chi connectivity index (χ4v) is 2.80. The Hall–Kier alpha value is -1.93. The SMILES string of the molecule is FC(F)Oc1ccc(Cl)cc1-c1nn(CCBr)cc1-n1cccn1. The van der Waals surface area contributed by atoms with Gasteiger partial charge in [-0.3, -0.25) is 4.68 Å². The van der Waals surface area contributed by atoms with Crippen LogP contribution in [0.25, 0.3) is 16.9 Å². The Morgan fingerprint density at radius 2 is 2.17 bits per heavy atom. The van der Waals surface area contributed by atoms with Crippen molar-refractivity contribution in [2.45, 2.75) is 13.2 Å². The summed E-state index contributed by atoms with van der Waals surface area (Å²) in [5.74, 6) is 0.00639. The number of benzene rings is 1. The van der Waals surface area contributed by atoms with E-state index < -0.39 is 6.61 Å². The average Bonchev–Trinajstić information content (AvgIpc) is 3.18. The first-order valence-corrected chi connectivity index (χ1v) is 8.46. The highest BCUT2D eigenvalue weighted by Gasteiger charge is 2.19. The predicted molar refractivity (Wildman–Crippen MR) is 90.2 cm³/mol. The first-order valence-electron chi connectivity index (χ1n) is 6.96. The van der Waals surface area contributed by atoms with Gasteiger partial charge in [-0.1, -0.05) is 27.5 Å². The standard InChI is InChI=1S/C15H12BrClF2N4O/c16-4-7-22-9-12(23-6-1-5-20-23)14(21-22)11-8-10(17)2-3-13(11)24-15(18)19/h1-3,5-6,8-9,15H,4,7H2. The Balaban J connectivity index is 2.16. The van der Waals surface area contributed by atoms with Crippen LogP contribution in [0.1, 0.15) is 0 Å². The molecule has 0 N–H and O–H groups in total. The molecule has 0 amide bonds. The van der Waals surface area contributed by atoms with E-state index in [2.05, 4.69) is 30.9 Å². The summed E-state index contributed by atoms with van der Waals surface area (Å²) >= 11 is 9.40. The molecule has 0 radical (unpaired) electrons. The molecule has 126 valence electrons. The van der Waals surface area contributed by atoms with E-state index in [1.54, 1.807) is 40.1 Å². The number of rotatable bonds is 6. The maximum absolute atomic E-state index is 12.7. The molecule has 0 atom stereocenters. The van der Waals surface area contributed by atoms with Crippen LogP contribution in [0.5, 0.6) is 5.75 Å².